The highest BCUT2D eigenvalue weighted by Crippen LogP contribution is 2.20. The molecule has 0 saturated carbocycles. The van der Waals surface area contributed by atoms with Crippen LogP contribution in [0.3, 0.4) is 0 Å². The SMILES string of the molecule is O=C(c1ccnc(NCc2ccccc2Cl)n1)N1CCc2ccccc2C1. The van der Waals surface area contributed by atoms with Crippen molar-refractivity contribution in [1.82, 2.24) is 14.9 Å². The van der Waals surface area contributed by atoms with Crippen LogP contribution in [0.4, 0.5) is 5.95 Å². The number of carbonyl (C=O) groups excluding carboxylic acids is 1. The van der Waals surface area contributed by atoms with E-state index in [4.69, 9.17) is 11.6 Å². The zero-order chi connectivity index (χ0) is 18.6. The number of hydrogen-bond acceptors (Lipinski definition) is 4. The molecule has 2 aromatic carbocycles. The largest absolute Gasteiger partial charge is 0.350 e. The zero-order valence-electron chi connectivity index (χ0n) is 14.7. The smallest absolute Gasteiger partial charge is 0.272 e. The lowest BCUT2D eigenvalue weighted by Gasteiger charge is -2.28. The van der Waals surface area contributed by atoms with E-state index in [0.717, 1.165) is 12.0 Å². The van der Waals surface area contributed by atoms with Crippen molar-refractivity contribution in [2.24, 2.45) is 0 Å². The van der Waals surface area contributed by atoms with E-state index in [0.29, 0.717) is 36.3 Å². The van der Waals surface area contributed by atoms with Gasteiger partial charge in [-0.2, -0.15) is 0 Å². The Labute approximate surface area is 163 Å². The van der Waals surface area contributed by atoms with Crippen molar-refractivity contribution in [1.29, 1.82) is 0 Å². The number of amides is 1. The van der Waals surface area contributed by atoms with Crippen LogP contribution in [0.25, 0.3) is 0 Å². The molecule has 0 fully saturated rings. The fourth-order valence-electron chi connectivity index (χ4n) is 3.21. The van der Waals surface area contributed by atoms with Crippen LogP contribution in [0, 0.1) is 0 Å². The highest BCUT2D eigenvalue weighted by molar-refractivity contribution is 6.31. The van der Waals surface area contributed by atoms with Crippen LogP contribution in [0.5, 0.6) is 0 Å². The molecule has 0 aliphatic carbocycles. The molecule has 0 unspecified atom stereocenters. The molecule has 3 aromatic rings. The van der Waals surface area contributed by atoms with Gasteiger partial charge in [-0.3, -0.25) is 4.79 Å². The maximum atomic E-state index is 12.9. The van der Waals surface area contributed by atoms with Crippen LogP contribution in [-0.4, -0.2) is 27.3 Å². The number of rotatable bonds is 4. The van der Waals surface area contributed by atoms with Gasteiger partial charge in [0.2, 0.25) is 5.95 Å². The third-order valence-electron chi connectivity index (χ3n) is 4.69. The Bertz CT molecular complexity index is 976. The average Bonchev–Trinajstić information content (AvgIpc) is 2.72. The van der Waals surface area contributed by atoms with Crippen LogP contribution in [0.1, 0.15) is 27.2 Å². The summed E-state index contributed by atoms with van der Waals surface area (Å²) in [5.41, 5.74) is 3.85. The van der Waals surface area contributed by atoms with Gasteiger partial charge in [-0.15, -0.1) is 0 Å². The van der Waals surface area contributed by atoms with Crippen LogP contribution in [-0.2, 0) is 19.5 Å². The lowest BCUT2D eigenvalue weighted by molar-refractivity contribution is 0.0728. The topological polar surface area (TPSA) is 58.1 Å². The fraction of sp³-hybridized carbons (Fsp3) is 0.190. The summed E-state index contributed by atoms with van der Waals surface area (Å²) in [6.07, 6.45) is 2.47. The Balaban J connectivity index is 1.46. The maximum Gasteiger partial charge on any atom is 0.272 e. The van der Waals surface area contributed by atoms with E-state index >= 15 is 0 Å². The van der Waals surface area contributed by atoms with Gasteiger partial charge in [0, 0.05) is 30.9 Å². The molecule has 1 N–H and O–H groups in total. The minimum Gasteiger partial charge on any atom is -0.350 e. The van der Waals surface area contributed by atoms with Gasteiger partial charge in [0.1, 0.15) is 5.69 Å². The Morgan fingerprint density at radius 1 is 1.07 bits per heavy atom. The van der Waals surface area contributed by atoms with E-state index in [1.807, 2.05) is 41.3 Å². The molecule has 5 nitrogen and oxygen atoms in total. The second-order valence-electron chi connectivity index (χ2n) is 6.46. The minimum atomic E-state index is -0.0762. The van der Waals surface area contributed by atoms with Gasteiger partial charge < -0.3 is 10.2 Å². The summed E-state index contributed by atoms with van der Waals surface area (Å²) >= 11 is 6.17. The van der Waals surface area contributed by atoms with Crippen molar-refractivity contribution in [2.75, 3.05) is 11.9 Å². The van der Waals surface area contributed by atoms with Crippen molar-refractivity contribution in [2.45, 2.75) is 19.5 Å². The molecule has 1 aliphatic rings. The lowest BCUT2D eigenvalue weighted by atomic mass is 10.00. The average molecular weight is 379 g/mol. The third-order valence-corrected chi connectivity index (χ3v) is 5.06. The molecule has 4 rings (SSSR count). The second kappa shape index (κ2) is 7.76. The van der Waals surface area contributed by atoms with Gasteiger partial charge in [-0.1, -0.05) is 54.1 Å². The van der Waals surface area contributed by atoms with E-state index in [2.05, 4.69) is 27.4 Å². The molecule has 1 amide bonds. The predicted octanol–water partition coefficient (Wildman–Crippen LogP) is 3.94. The standard InChI is InChI=1S/C21H19ClN4O/c22-18-8-4-3-6-16(18)13-24-21-23-11-9-19(25-21)20(27)26-12-10-15-5-1-2-7-17(15)14-26/h1-9,11H,10,12-14H2,(H,23,24,25). The molecule has 0 atom stereocenters. The van der Waals surface area contributed by atoms with Crippen molar-refractivity contribution in [3.05, 3.63) is 88.2 Å². The summed E-state index contributed by atoms with van der Waals surface area (Å²) in [4.78, 5) is 23.3. The van der Waals surface area contributed by atoms with Gasteiger partial charge >= 0.3 is 0 Å². The van der Waals surface area contributed by atoms with Crippen molar-refractivity contribution >= 4 is 23.5 Å². The first-order chi connectivity index (χ1) is 13.2. The van der Waals surface area contributed by atoms with E-state index < -0.39 is 0 Å². The molecule has 27 heavy (non-hydrogen) atoms. The summed E-state index contributed by atoms with van der Waals surface area (Å²) < 4.78 is 0. The Morgan fingerprint density at radius 2 is 1.85 bits per heavy atom. The quantitative estimate of drug-likeness (QED) is 0.747. The first kappa shape index (κ1) is 17.5. The second-order valence-corrected chi connectivity index (χ2v) is 6.86. The third kappa shape index (κ3) is 3.93. The number of halogens is 1. The number of nitrogens with one attached hydrogen (secondary N) is 1. The normalized spacial score (nSPS) is 13.1. The molecular weight excluding hydrogens is 360 g/mol. The number of aromatic nitrogens is 2. The Morgan fingerprint density at radius 3 is 2.70 bits per heavy atom. The molecule has 136 valence electrons. The van der Waals surface area contributed by atoms with Gasteiger partial charge in [-0.05, 0) is 35.2 Å². The summed E-state index contributed by atoms with van der Waals surface area (Å²) in [7, 11) is 0. The number of benzene rings is 2. The summed E-state index contributed by atoms with van der Waals surface area (Å²) in [6.45, 7) is 1.80. The van der Waals surface area contributed by atoms with Crippen LogP contribution in [0.2, 0.25) is 5.02 Å². The monoisotopic (exact) mass is 378 g/mol. The molecule has 1 aromatic heterocycles. The molecular formula is C21H19ClN4O. The van der Waals surface area contributed by atoms with Gasteiger partial charge in [0.05, 0.1) is 0 Å². The molecule has 6 heteroatoms. The molecule has 1 aliphatic heterocycles. The van der Waals surface area contributed by atoms with Crippen LogP contribution in [0.15, 0.2) is 60.8 Å². The lowest BCUT2D eigenvalue weighted by Crippen LogP contribution is -2.36. The number of carbonyl (C=O) groups is 1. The van der Waals surface area contributed by atoms with Crippen molar-refractivity contribution in [3.63, 3.8) is 0 Å². The highest BCUT2D eigenvalue weighted by atomic mass is 35.5. The number of fused-ring (bicyclic) bond motifs is 1. The maximum absolute atomic E-state index is 12.9. The van der Waals surface area contributed by atoms with E-state index in [-0.39, 0.29) is 5.91 Å². The summed E-state index contributed by atoms with van der Waals surface area (Å²) in [5.74, 6) is 0.339. The highest BCUT2D eigenvalue weighted by Gasteiger charge is 2.22. The van der Waals surface area contributed by atoms with Gasteiger partial charge in [0.25, 0.3) is 5.91 Å². The summed E-state index contributed by atoms with van der Waals surface area (Å²) in [6, 6.07) is 17.5. The molecule has 0 spiro atoms. The first-order valence-corrected chi connectivity index (χ1v) is 9.25. The van der Waals surface area contributed by atoms with E-state index in [9.17, 15) is 4.79 Å². The number of nitrogens with zero attached hydrogens (tertiary/aromatic N) is 3. The first-order valence-electron chi connectivity index (χ1n) is 8.87. The van der Waals surface area contributed by atoms with Crippen LogP contribution < -0.4 is 5.32 Å². The number of hydrogen-bond donors (Lipinski definition) is 1. The van der Waals surface area contributed by atoms with Gasteiger partial charge in [-0.25, -0.2) is 9.97 Å². The zero-order valence-corrected chi connectivity index (χ0v) is 15.5. The Hall–Kier alpha value is -2.92. The molecule has 0 saturated heterocycles. The predicted molar refractivity (Wildman–Crippen MR) is 106 cm³/mol. The Kier molecular flexibility index (Phi) is 5.03. The summed E-state index contributed by atoms with van der Waals surface area (Å²) in [5, 5.41) is 3.82. The minimum absolute atomic E-state index is 0.0762. The van der Waals surface area contributed by atoms with Crippen molar-refractivity contribution in [3.8, 4) is 0 Å². The van der Waals surface area contributed by atoms with Crippen LogP contribution >= 0.6 is 11.6 Å². The van der Waals surface area contributed by atoms with E-state index in [1.54, 1.807) is 12.3 Å². The number of anilines is 1. The molecule has 0 bridgehead atoms. The van der Waals surface area contributed by atoms with Gasteiger partial charge in [0.15, 0.2) is 0 Å². The molecule has 2 heterocycles. The molecule has 0 radical (unpaired) electrons. The van der Waals surface area contributed by atoms with Crippen molar-refractivity contribution < 1.29 is 4.79 Å². The van der Waals surface area contributed by atoms with E-state index in [1.165, 1.54) is 11.1 Å². The fourth-order valence-corrected chi connectivity index (χ4v) is 3.41.